The molecular weight excluding hydrogens is 496 g/mol. The molecule has 0 saturated carbocycles. The van der Waals surface area contributed by atoms with Crippen LogP contribution >= 0.6 is 11.6 Å². The SMILES string of the molecule is O=C(O)C=CC(=O)O.[2H]C([2H])(N)C([2H])([2H])OCC1=C(C(=O)OCC)C(c2ccccc2Cl)C(C(=O)OC)=C(C)N1. The first kappa shape index (κ1) is 24.0. The maximum Gasteiger partial charge on any atom is 0.336 e. The van der Waals surface area contributed by atoms with Gasteiger partial charge in [-0.25, -0.2) is 19.2 Å². The molecule has 1 aliphatic rings. The Morgan fingerprint density at radius 1 is 1.14 bits per heavy atom. The molecule has 0 saturated heterocycles. The minimum atomic E-state index is -2.87. The molecule has 1 unspecified atom stereocenters. The van der Waals surface area contributed by atoms with E-state index in [1.54, 1.807) is 38.1 Å². The lowest BCUT2D eigenvalue weighted by Gasteiger charge is -2.31. The van der Waals surface area contributed by atoms with Crippen molar-refractivity contribution in [3.8, 4) is 0 Å². The van der Waals surface area contributed by atoms with Crippen molar-refractivity contribution in [3.05, 3.63) is 69.5 Å². The van der Waals surface area contributed by atoms with Crippen molar-refractivity contribution in [2.24, 2.45) is 5.73 Å². The third kappa shape index (κ3) is 8.84. The summed E-state index contributed by atoms with van der Waals surface area (Å²) in [6.07, 6.45) is 1.12. The Hall–Kier alpha value is -3.67. The van der Waals surface area contributed by atoms with Crippen LogP contribution in [-0.4, -0.2) is 67.5 Å². The summed E-state index contributed by atoms with van der Waals surface area (Å²) in [7, 11) is 1.20. The molecule has 1 heterocycles. The van der Waals surface area contributed by atoms with Gasteiger partial charge in [0.25, 0.3) is 0 Å². The molecule has 0 radical (unpaired) electrons. The number of allylic oxidation sites excluding steroid dienone is 1. The molecule has 1 aliphatic heterocycles. The average Bonchev–Trinajstić information content (AvgIpc) is 2.85. The van der Waals surface area contributed by atoms with Crippen LogP contribution < -0.4 is 11.1 Å². The number of nitrogens with two attached hydrogens (primary N) is 1. The van der Waals surface area contributed by atoms with Gasteiger partial charge in [0.2, 0.25) is 0 Å². The second-order valence-electron chi connectivity index (χ2n) is 6.77. The van der Waals surface area contributed by atoms with Crippen LogP contribution in [0.1, 0.15) is 30.8 Å². The lowest BCUT2D eigenvalue weighted by molar-refractivity contribution is -0.139. The van der Waals surface area contributed by atoms with Gasteiger partial charge in [-0.2, -0.15) is 0 Å². The number of dihydropyridines is 1. The number of nitrogens with one attached hydrogen (secondary N) is 1. The van der Waals surface area contributed by atoms with Crippen molar-refractivity contribution in [3.63, 3.8) is 0 Å². The van der Waals surface area contributed by atoms with Crippen LogP contribution in [0.25, 0.3) is 0 Å². The van der Waals surface area contributed by atoms with Gasteiger partial charge in [0.1, 0.15) is 0 Å². The predicted octanol–water partition coefficient (Wildman–Crippen LogP) is 1.98. The van der Waals surface area contributed by atoms with Crippen LogP contribution in [0.15, 0.2) is 59.0 Å². The summed E-state index contributed by atoms with van der Waals surface area (Å²) < 4.78 is 45.6. The Morgan fingerprint density at radius 2 is 1.75 bits per heavy atom. The minimum absolute atomic E-state index is 0.0359. The number of carboxylic acid groups (broad SMARTS) is 2. The van der Waals surface area contributed by atoms with E-state index in [1.165, 1.54) is 7.11 Å². The summed E-state index contributed by atoms with van der Waals surface area (Å²) in [6.45, 7) is -3.02. The molecular formula is C24H29ClN2O9. The number of carbonyl (C=O) groups excluding carboxylic acids is 2. The van der Waals surface area contributed by atoms with Crippen molar-refractivity contribution in [1.82, 2.24) is 5.32 Å². The van der Waals surface area contributed by atoms with Crippen LogP contribution in [0.5, 0.6) is 0 Å². The number of benzene rings is 1. The van der Waals surface area contributed by atoms with Gasteiger partial charge in [-0.1, -0.05) is 29.8 Å². The quantitative estimate of drug-likeness (QED) is 0.258. The van der Waals surface area contributed by atoms with E-state index < -0.39 is 49.5 Å². The first-order valence-corrected chi connectivity index (χ1v) is 10.6. The van der Waals surface area contributed by atoms with Gasteiger partial charge in [0, 0.05) is 32.1 Å². The number of hydrogen-bond donors (Lipinski definition) is 4. The number of halogens is 1. The highest BCUT2D eigenvalue weighted by Gasteiger charge is 2.39. The van der Waals surface area contributed by atoms with E-state index in [0.717, 1.165) is 0 Å². The highest BCUT2D eigenvalue weighted by atomic mass is 35.5. The van der Waals surface area contributed by atoms with Crippen LogP contribution in [0, 0.1) is 0 Å². The fourth-order valence-electron chi connectivity index (χ4n) is 3.15. The van der Waals surface area contributed by atoms with Crippen molar-refractivity contribution in [2.45, 2.75) is 19.8 Å². The number of esters is 2. The average molecular weight is 529 g/mol. The van der Waals surface area contributed by atoms with Crippen molar-refractivity contribution >= 4 is 35.5 Å². The Balaban J connectivity index is 0.000000869. The topological polar surface area (TPSA) is 174 Å². The first-order valence-electron chi connectivity index (χ1n) is 12.3. The van der Waals surface area contributed by atoms with Gasteiger partial charge in [-0.05, 0) is 25.5 Å². The van der Waals surface area contributed by atoms with Crippen molar-refractivity contribution < 1.29 is 49.1 Å². The number of carboxylic acids is 2. The number of ether oxygens (including phenoxy) is 3. The maximum absolute atomic E-state index is 13.0. The maximum atomic E-state index is 13.0. The summed E-state index contributed by atoms with van der Waals surface area (Å²) in [4.78, 5) is 44.8. The molecule has 0 bridgehead atoms. The van der Waals surface area contributed by atoms with Crippen molar-refractivity contribution in [2.75, 3.05) is 33.4 Å². The second kappa shape index (κ2) is 15.4. The van der Waals surface area contributed by atoms with Gasteiger partial charge in [-0.15, -0.1) is 0 Å². The number of methoxy groups -OCH3 is 1. The van der Waals surface area contributed by atoms with Gasteiger partial charge in [-0.3, -0.25) is 0 Å². The minimum Gasteiger partial charge on any atom is -0.478 e. The Bertz CT molecular complexity index is 1210. The van der Waals surface area contributed by atoms with Gasteiger partial charge < -0.3 is 35.5 Å². The highest BCUT2D eigenvalue weighted by Crippen LogP contribution is 2.41. The van der Waals surface area contributed by atoms with Crippen molar-refractivity contribution in [1.29, 1.82) is 0 Å². The van der Waals surface area contributed by atoms with E-state index in [0.29, 0.717) is 23.4 Å². The summed E-state index contributed by atoms with van der Waals surface area (Å²) in [5.74, 6) is -5.00. The molecule has 11 nitrogen and oxygen atoms in total. The summed E-state index contributed by atoms with van der Waals surface area (Å²) >= 11 is 6.40. The van der Waals surface area contributed by atoms with E-state index in [-0.39, 0.29) is 28.5 Å². The summed E-state index contributed by atoms with van der Waals surface area (Å²) in [5.41, 5.74) is 6.13. The lowest BCUT2D eigenvalue weighted by Crippen LogP contribution is -2.35. The summed E-state index contributed by atoms with van der Waals surface area (Å²) in [5, 5.41) is 18.8. The van der Waals surface area contributed by atoms with Gasteiger partial charge >= 0.3 is 23.9 Å². The molecule has 5 N–H and O–H groups in total. The second-order valence-corrected chi connectivity index (χ2v) is 7.17. The molecule has 1 atom stereocenters. The predicted molar refractivity (Wildman–Crippen MR) is 130 cm³/mol. The largest absolute Gasteiger partial charge is 0.478 e. The number of hydrogen-bond acceptors (Lipinski definition) is 9. The van der Waals surface area contributed by atoms with E-state index >= 15 is 0 Å². The third-order valence-corrected chi connectivity index (χ3v) is 4.82. The number of carbonyl (C=O) groups is 4. The third-order valence-electron chi connectivity index (χ3n) is 4.48. The Morgan fingerprint density at radius 3 is 2.25 bits per heavy atom. The molecule has 0 aliphatic carbocycles. The van der Waals surface area contributed by atoms with E-state index in [4.69, 9.17) is 47.2 Å². The van der Waals surface area contributed by atoms with E-state index in [1.807, 2.05) is 0 Å². The van der Waals surface area contributed by atoms with Gasteiger partial charge in [0.15, 0.2) is 0 Å². The highest BCUT2D eigenvalue weighted by molar-refractivity contribution is 6.31. The molecule has 12 heteroatoms. The van der Waals surface area contributed by atoms with Crippen LogP contribution in [0.2, 0.25) is 5.02 Å². The molecule has 2 rings (SSSR count). The molecule has 1 aromatic carbocycles. The lowest BCUT2D eigenvalue weighted by atomic mass is 9.80. The fourth-order valence-corrected chi connectivity index (χ4v) is 3.40. The zero-order valence-corrected chi connectivity index (χ0v) is 20.4. The zero-order chi connectivity index (χ0) is 30.8. The Kier molecular flexibility index (Phi) is 10.3. The molecule has 0 aromatic heterocycles. The van der Waals surface area contributed by atoms with E-state index in [2.05, 4.69) is 5.32 Å². The first-order chi connectivity index (χ1) is 18.5. The van der Waals surface area contributed by atoms with Crippen LogP contribution in [0.3, 0.4) is 0 Å². The molecule has 196 valence electrons. The standard InChI is InChI=1S/C20H25ClN2O5.C4H4O4/c1-4-28-20(25)18-15(11-27-10-9-22)23-12(2)16(19(24)26-3)17(18)13-7-5-6-8-14(13)21;5-3(6)1-2-4(7)8/h5-8,17,23H,4,9-11,22H2,1-3H3;1-2H,(H,5,6)(H,7,8)/i9D2,10D2;. The monoisotopic (exact) mass is 528 g/mol. The number of rotatable bonds is 10. The molecule has 0 amide bonds. The zero-order valence-electron chi connectivity index (χ0n) is 23.7. The Labute approximate surface area is 218 Å². The van der Waals surface area contributed by atoms with E-state index in [9.17, 15) is 19.2 Å². The molecule has 36 heavy (non-hydrogen) atoms. The normalized spacial score (nSPS) is 17.5. The fraction of sp³-hybridized carbons (Fsp3) is 0.333. The molecule has 1 aromatic rings. The smallest absolute Gasteiger partial charge is 0.336 e. The molecule has 0 spiro atoms. The summed E-state index contributed by atoms with van der Waals surface area (Å²) in [6, 6.07) is 6.62. The van der Waals surface area contributed by atoms with Gasteiger partial charge in [0.05, 0.1) is 52.4 Å². The van der Waals surface area contributed by atoms with Crippen LogP contribution in [0.4, 0.5) is 0 Å². The van der Waals surface area contributed by atoms with Crippen LogP contribution in [-0.2, 0) is 33.4 Å². The number of aliphatic carboxylic acids is 2. The molecule has 0 fully saturated rings.